The molecule has 1 aliphatic heterocycles. The molecule has 82 valence electrons. The molecule has 2 rings (SSSR count). The van der Waals surface area contributed by atoms with Gasteiger partial charge in [0.15, 0.2) is 0 Å². The summed E-state index contributed by atoms with van der Waals surface area (Å²) in [5.74, 6) is 1.25. The van der Waals surface area contributed by atoms with E-state index in [1.54, 1.807) is 0 Å². The normalized spacial score (nSPS) is 22.9. The monoisotopic (exact) mass is 288 g/mol. The first-order valence-electron chi connectivity index (χ1n) is 4.97. The lowest BCUT2D eigenvalue weighted by molar-refractivity contribution is 0.631. The van der Waals surface area contributed by atoms with Crippen LogP contribution >= 0.6 is 15.9 Å². The van der Waals surface area contributed by atoms with Gasteiger partial charge >= 0.3 is 0 Å². The van der Waals surface area contributed by atoms with Crippen LogP contribution in [0, 0.1) is 5.92 Å². The number of halogens is 1. The number of nitrogens with zero attached hydrogens (tertiary/aromatic N) is 1. The van der Waals surface area contributed by atoms with Gasteiger partial charge in [-0.2, -0.15) is 0 Å². The molecule has 0 aromatic carbocycles. The Morgan fingerprint density at radius 1 is 1.60 bits per heavy atom. The van der Waals surface area contributed by atoms with Crippen molar-refractivity contribution in [3.63, 3.8) is 0 Å². The highest BCUT2D eigenvalue weighted by Gasteiger charge is 2.18. The fraction of sp³-hybridized carbons (Fsp3) is 0.500. The second-order valence-electron chi connectivity index (χ2n) is 3.67. The van der Waals surface area contributed by atoms with Crippen LogP contribution < -0.4 is 5.32 Å². The van der Waals surface area contributed by atoms with Gasteiger partial charge < -0.3 is 5.32 Å². The number of aromatic nitrogens is 1. The summed E-state index contributed by atoms with van der Waals surface area (Å²) >= 11 is 3.29. The first-order valence-corrected chi connectivity index (χ1v) is 7.08. The van der Waals surface area contributed by atoms with Crippen LogP contribution in [0.3, 0.4) is 0 Å². The Kier molecular flexibility index (Phi) is 3.88. The molecule has 1 aliphatic rings. The summed E-state index contributed by atoms with van der Waals surface area (Å²) in [6.45, 7) is 2.04. The molecule has 0 radical (unpaired) electrons. The summed E-state index contributed by atoms with van der Waals surface area (Å²) in [7, 11) is -0.965. The quantitative estimate of drug-likeness (QED) is 0.859. The average molecular weight is 289 g/mol. The summed E-state index contributed by atoms with van der Waals surface area (Å²) in [6, 6.07) is 5.54. The molecule has 3 nitrogen and oxygen atoms in total. The standard InChI is InChI=1S/C10H13BrN2OS/c11-9-2-1-3-10(13-9)15(14)7-8-4-5-12-6-8/h1-3,8,12H,4-7H2/t8-,15+/m1/s1. The van der Waals surface area contributed by atoms with E-state index < -0.39 is 10.8 Å². The zero-order chi connectivity index (χ0) is 10.7. The topological polar surface area (TPSA) is 42.0 Å². The minimum atomic E-state index is -0.965. The minimum absolute atomic E-state index is 0.534. The third-order valence-corrected chi connectivity index (χ3v) is 4.38. The van der Waals surface area contributed by atoms with E-state index >= 15 is 0 Å². The van der Waals surface area contributed by atoms with Gasteiger partial charge in [0.2, 0.25) is 0 Å². The van der Waals surface area contributed by atoms with Crippen LogP contribution in [0.5, 0.6) is 0 Å². The third-order valence-electron chi connectivity index (χ3n) is 2.47. The van der Waals surface area contributed by atoms with E-state index in [9.17, 15) is 4.21 Å². The zero-order valence-electron chi connectivity index (χ0n) is 8.28. The predicted octanol–water partition coefficient (Wildman–Crippen LogP) is 1.56. The second kappa shape index (κ2) is 5.18. The van der Waals surface area contributed by atoms with Gasteiger partial charge in [0.05, 0.1) is 10.8 Å². The van der Waals surface area contributed by atoms with Crippen LogP contribution in [0.15, 0.2) is 27.8 Å². The van der Waals surface area contributed by atoms with Crippen LogP contribution in [-0.4, -0.2) is 28.0 Å². The van der Waals surface area contributed by atoms with E-state index in [-0.39, 0.29) is 0 Å². The number of nitrogens with one attached hydrogen (secondary N) is 1. The molecule has 1 aromatic rings. The van der Waals surface area contributed by atoms with Crippen molar-refractivity contribution in [1.29, 1.82) is 0 Å². The maximum absolute atomic E-state index is 12.0. The molecule has 2 heterocycles. The van der Waals surface area contributed by atoms with Gasteiger partial charge in [0, 0.05) is 5.75 Å². The molecule has 1 aromatic heterocycles. The fourth-order valence-electron chi connectivity index (χ4n) is 1.67. The Hall–Kier alpha value is -0.260. The van der Waals surface area contributed by atoms with Gasteiger partial charge in [0.1, 0.15) is 9.63 Å². The molecule has 0 unspecified atom stereocenters. The maximum atomic E-state index is 12.0. The van der Waals surface area contributed by atoms with E-state index in [1.807, 2.05) is 18.2 Å². The van der Waals surface area contributed by atoms with E-state index in [4.69, 9.17) is 0 Å². The lowest BCUT2D eigenvalue weighted by Crippen LogP contribution is -2.15. The van der Waals surface area contributed by atoms with Gasteiger partial charge in [-0.1, -0.05) is 6.07 Å². The van der Waals surface area contributed by atoms with Crippen LogP contribution in [0.1, 0.15) is 6.42 Å². The summed E-state index contributed by atoms with van der Waals surface area (Å²) < 4.78 is 12.7. The SMILES string of the molecule is O=[S@@](C[C@@H]1CCNC1)c1cccc(Br)n1. The first kappa shape index (κ1) is 11.2. The Morgan fingerprint density at radius 2 is 2.47 bits per heavy atom. The van der Waals surface area contributed by atoms with Crippen molar-refractivity contribution in [3.8, 4) is 0 Å². The van der Waals surface area contributed by atoms with E-state index in [1.165, 1.54) is 0 Å². The Morgan fingerprint density at radius 3 is 3.13 bits per heavy atom. The van der Waals surface area contributed by atoms with Crippen LogP contribution in [0.25, 0.3) is 0 Å². The van der Waals surface area contributed by atoms with Crippen LogP contribution in [0.2, 0.25) is 0 Å². The van der Waals surface area contributed by atoms with Crippen molar-refractivity contribution >= 4 is 26.7 Å². The Balaban J connectivity index is 2.01. The first-order chi connectivity index (χ1) is 7.25. The molecule has 5 heteroatoms. The van der Waals surface area contributed by atoms with Crippen molar-refractivity contribution in [1.82, 2.24) is 10.3 Å². The molecule has 2 atom stereocenters. The highest BCUT2D eigenvalue weighted by atomic mass is 79.9. The lowest BCUT2D eigenvalue weighted by Gasteiger charge is -2.07. The van der Waals surface area contributed by atoms with Crippen molar-refractivity contribution in [2.75, 3.05) is 18.8 Å². The number of hydrogen-bond acceptors (Lipinski definition) is 3. The predicted molar refractivity (Wildman–Crippen MR) is 64.2 cm³/mol. The highest BCUT2D eigenvalue weighted by Crippen LogP contribution is 2.15. The lowest BCUT2D eigenvalue weighted by atomic mass is 10.2. The molecule has 1 N–H and O–H groups in total. The zero-order valence-corrected chi connectivity index (χ0v) is 10.7. The number of hydrogen-bond donors (Lipinski definition) is 1. The van der Waals surface area contributed by atoms with Crippen LogP contribution in [-0.2, 0) is 10.8 Å². The molecule has 0 spiro atoms. The second-order valence-corrected chi connectivity index (χ2v) is 5.92. The summed E-state index contributed by atoms with van der Waals surface area (Å²) in [5, 5.41) is 3.95. The number of pyridine rings is 1. The van der Waals surface area contributed by atoms with E-state index in [0.29, 0.717) is 10.9 Å². The van der Waals surface area contributed by atoms with Crippen molar-refractivity contribution in [2.24, 2.45) is 5.92 Å². The Bertz CT molecular complexity index is 366. The molecular formula is C10H13BrN2OS. The van der Waals surface area contributed by atoms with Gasteiger partial charge in [-0.3, -0.25) is 4.21 Å². The van der Waals surface area contributed by atoms with Gasteiger partial charge in [0.25, 0.3) is 0 Å². The van der Waals surface area contributed by atoms with Crippen molar-refractivity contribution in [2.45, 2.75) is 11.4 Å². The summed E-state index contributed by atoms with van der Waals surface area (Å²) in [5.41, 5.74) is 0. The average Bonchev–Trinajstić information content (AvgIpc) is 2.70. The van der Waals surface area contributed by atoms with E-state index in [2.05, 4.69) is 26.2 Å². The maximum Gasteiger partial charge on any atom is 0.128 e. The molecule has 1 saturated heterocycles. The Labute approximate surface area is 100 Å². The van der Waals surface area contributed by atoms with E-state index in [0.717, 1.165) is 29.9 Å². The molecular weight excluding hydrogens is 276 g/mol. The van der Waals surface area contributed by atoms with Crippen molar-refractivity contribution < 1.29 is 4.21 Å². The van der Waals surface area contributed by atoms with Gasteiger partial charge in [-0.25, -0.2) is 4.98 Å². The molecule has 15 heavy (non-hydrogen) atoms. The molecule has 0 amide bonds. The summed E-state index contributed by atoms with van der Waals surface area (Å²) in [6.07, 6.45) is 1.12. The molecule has 0 saturated carbocycles. The third kappa shape index (κ3) is 3.09. The molecule has 0 bridgehead atoms. The molecule has 1 fully saturated rings. The number of rotatable bonds is 3. The van der Waals surface area contributed by atoms with Gasteiger partial charge in [-0.15, -0.1) is 0 Å². The minimum Gasteiger partial charge on any atom is -0.316 e. The van der Waals surface area contributed by atoms with Crippen molar-refractivity contribution in [3.05, 3.63) is 22.8 Å². The molecule has 0 aliphatic carbocycles. The summed E-state index contributed by atoms with van der Waals surface area (Å²) in [4.78, 5) is 4.21. The van der Waals surface area contributed by atoms with Crippen LogP contribution in [0.4, 0.5) is 0 Å². The smallest absolute Gasteiger partial charge is 0.128 e. The highest BCUT2D eigenvalue weighted by molar-refractivity contribution is 9.10. The van der Waals surface area contributed by atoms with Gasteiger partial charge in [-0.05, 0) is 53.5 Å². The largest absolute Gasteiger partial charge is 0.316 e. The fourth-order valence-corrected chi connectivity index (χ4v) is 3.45.